The van der Waals surface area contributed by atoms with Gasteiger partial charge < -0.3 is 14.6 Å². The third-order valence-corrected chi connectivity index (χ3v) is 3.37. The Kier molecular flexibility index (Phi) is 4.37. The fourth-order valence-electron chi connectivity index (χ4n) is 2.36. The molecule has 1 aromatic carbocycles. The van der Waals surface area contributed by atoms with Crippen LogP contribution in [-0.4, -0.2) is 30.9 Å². The fourth-order valence-corrected chi connectivity index (χ4v) is 2.36. The monoisotopic (exact) mass is 274 g/mol. The number of aldehydes is 1. The molecule has 2 rings (SSSR count). The molecule has 4 heteroatoms. The summed E-state index contributed by atoms with van der Waals surface area (Å²) < 4.78 is 10.8. The van der Waals surface area contributed by atoms with E-state index in [2.05, 4.69) is 0 Å². The molecular formula is C16H18O4. The molecule has 0 saturated carbocycles. The maximum absolute atomic E-state index is 11.4. The molecule has 0 aromatic heterocycles. The Balaban J connectivity index is 2.47. The first kappa shape index (κ1) is 14.5. The van der Waals surface area contributed by atoms with Gasteiger partial charge in [0.2, 0.25) is 5.79 Å². The molecule has 0 aliphatic heterocycles. The lowest BCUT2D eigenvalue weighted by atomic mass is 9.88. The second-order valence-corrected chi connectivity index (χ2v) is 4.52. The number of ether oxygens (including phenoxy) is 2. The van der Waals surface area contributed by atoms with E-state index in [9.17, 15) is 9.90 Å². The molecule has 1 aromatic rings. The summed E-state index contributed by atoms with van der Waals surface area (Å²) in [5.74, 6) is -1.28. The summed E-state index contributed by atoms with van der Waals surface area (Å²) >= 11 is 0. The molecule has 1 atom stereocenters. The molecule has 0 bridgehead atoms. The standard InChI is InChI=1S/C16H18O4/c1-3-20-16(19-2)10-13(11-17)14(9-15(16)18)12-7-5-4-6-8-12/h4-9,11,18H,3,10H2,1-2H3. The molecule has 106 valence electrons. The van der Waals surface area contributed by atoms with Crippen molar-refractivity contribution in [2.75, 3.05) is 13.7 Å². The smallest absolute Gasteiger partial charge is 0.231 e. The zero-order chi connectivity index (χ0) is 14.6. The molecule has 1 unspecified atom stereocenters. The van der Waals surface area contributed by atoms with E-state index in [1.165, 1.54) is 7.11 Å². The van der Waals surface area contributed by atoms with Crippen LogP contribution >= 0.6 is 0 Å². The summed E-state index contributed by atoms with van der Waals surface area (Å²) in [6.45, 7) is 2.18. The van der Waals surface area contributed by atoms with Gasteiger partial charge in [-0.25, -0.2) is 0 Å². The molecular weight excluding hydrogens is 256 g/mol. The Morgan fingerprint density at radius 1 is 1.35 bits per heavy atom. The van der Waals surface area contributed by atoms with Crippen LogP contribution in [0.2, 0.25) is 0 Å². The quantitative estimate of drug-likeness (QED) is 0.662. The van der Waals surface area contributed by atoms with Crippen LogP contribution in [0, 0.1) is 0 Å². The van der Waals surface area contributed by atoms with E-state index >= 15 is 0 Å². The van der Waals surface area contributed by atoms with Crippen LogP contribution in [0.1, 0.15) is 18.9 Å². The minimum atomic E-state index is -1.26. The van der Waals surface area contributed by atoms with Crippen molar-refractivity contribution < 1.29 is 19.4 Å². The number of hydrogen-bond donors (Lipinski definition) is 1. The number of hydrogen-bond acceptors (Lipinski definition) is 4. The summed E-state index contributed by atoms with van der Waals surface area (Å²) in [5.41, 5.74) is 2.12. The SMILES string of the molecule is CCOC1(OC)CC(C=O)=C(c2ccccc2)C=C1O. The third kappa shape index (κ3) is 2.53. The van der Waals surface area contributed by atoms with E-state index < -0.39 is 5.79 Å². The van der Waals surface area contributed by atoms with Crippen molar-refractivity contribution in [3.63, 3.8) is 0 Å². The largest absolute Gasteiger partial charge is 0.507 e. The van der Waals surface area contributed by atoms with Crippen LogP contribution in [0.5, 0.6) is 0 Å². The van der Waals surface area contributed by atoms with E-state index in [0.717, 1.165) is 11.8 Å². The number of aliphatic hydroxyl groups is 1. The molecule has 4 nitrogen and oxygen atoms in total. The summed E-state index contributed by atoms with van der Waals surface area (Å²) in [7, 11) is 1.45. The van der Waals surface area contributed by atoms with Gasteiger partial charge in [-0.3, -0.25) is 4.79 Å². The molecule has 0 fully saturated rings. The second-order valence-electron chi connectivity index (χ2n) is 4.52. The predicted molar refractivity (Wildman–Crippen MR) is 76.1 cm³/mol. The normalized spacial score (nSPS) is 22.6. The number of rotatable bonds is 5. The highest BCUT2D eigenvalue weighted by molar-refractivity contribution is 5.93. The van der Waals surface area contributed by atoms with Gasteiger partial charge in [-0.1, -0.05) is 30.3 Å². The van der Waals surface area contributed by atoms with Gasteiger partial charge in [0, 0.05) is 25.7 Å². The first-order valence-corrected chi connectivity index (χ1v) is 6.51. The first-order chi connectivity index (χ1) is 9.66. The van der Waals surface area contributed by atoms with E-state index in [1.54, 1.807) is 6.08 Å². The van der Waals surface area contributed by atoms with Crippen molar-refractivity contribution in [3.05, 3.63) is 53.3 Å². The zero-order valence-corrected chi connectivity index (χ0v) is 11.6. The van der Waals surface area contributed by atoms with Crippen molar-refractivity contribution >= 4 is 11.9 Å². The number of aliphatic hydroxyl groups excluding tert-OH is 1. The third-order valence-electron chi connectivity index (χ3n) is 3.37. The second kappa shape index (κ2) is 6.03. The van der Waals surface area contributed by atoms with Crippen molar-refractivity contribution in [2.24, 2.45) is 0 Å². The van der Waals surface area contributed by atoms with Gasteiger partial charge in [-0.2, -0.15) is 0 Å². The Morgan fingerprint density at radius 2 is 2.05 bits per heavy atom. The molecule has 0 radical (unpaired) electrons. The Labute approximate surface area is 118 Å². The Hall–Kier alpha value is -1.91. The highest BCUT2D eigenvalue weighted by Crippen LogP contribution is 2.38. The maximum Gasteiger partial charge on any atom is 0.231 e. The van der Waals surface area contributed by atoms with Gasteiger partial charge in [-0.05, 0) is 24.1 Å². The maximum atomic E-state index is 11.4. The number of carbonyl (C=O) groups is 1. The average Bonchev–Trinajstić information content (AvgIpc) is 2.50. The average molecular weight is 274 g/mol. The first-order valence-electron chi connectivity index (χ1n) is 6.51. The molecule has 0 amide bonds. The lowest BCUT2D eigenvalue weighted by Gasteiger charge is -2.34. The minimum absolute atomic E-state index is 0.0219. The van der Waals surface area contributed by atoms with Crippen molar-refractivity contribution in [2.45, 2.75) is 19.1 Å². The van der Waals surface area contributed by atoms with Crippen molar-refractivity contribution in [1.82, 2.24) is 0 Å². The molecule has 1 aliphatic carbocycles. The van der Waals surface area contributed by atoms with Crippen LogP contribution in [0.15, 0.2) is 47.7 Å². The molecule has 1 N–H and O–H groups in total. The van der Waals surface area contributed by atoms with E-state index in [-0.39, 0.29) is 12.2 Å². The van der Waals surface area contributed by atoms with Crippen molar-refractivity contribution in [1.29, 1.82) is 0 Å². The fraction of sp³-hybridized carbons (Fsp3) is 0.312. The highest BCUT2D eigenvalue weighted by atomic mass is 16.7. The molecule has 1 aliphatic rings. The number of benzene rings is 1. The van der Waals surface area contributed by atoms with E-state index in [1.807, 2.05) is 37.3 Å². The van der Waals surface area contributed by atoms with E-state index in [4.69, 9.17) is 9.47 Å². The summed E-state index contributed by atoms with van der Waals surface area (Å²) in [6, 6.07) is 9.45. The number of carbonyl (C=O) groups excluding carboxylic acids is 1. The minimum Gasteiger partial charge on any atom is -0.507 e. The summed E-state index contributed by atoms with van der Waals surface area (Å²) in [4.78, 5) is 11.4. The van der Waals surface area contributed by atoms with Crippen LogP contribution in [0.25, 0.3) is 5.57 Å². The topological polar surface area (TPSA) is 55.8 Å². The van der Waals surface area contributed by atoms with Crippen LogP contribution in [0.4, 0.5) is 0 Å². The van der Waals surface area contributed by atoms with Crippen LogP contribution < -0.4 is 0 Å². The molecule has 0 spiro atoms. The van der Waals surface area contributed by atoms with Gasteiger partial charge in [0.05, 0.1) is 0 Å². The Morgan fingerprint density at radius 3 is 2.60 bits per heavy atom. The van der Waals surface area contributed by atoms with Crippen LogP contribution in [-0.2, 0) is 14.3 Å². The zero-order valence-electron chi connectivity index (χ0n) is 11.6. The highest BCUT2D eigenvalue weighted by Gasteiger charge is 2.40. The predicted octanol–water partition coefficient (Wildman–Crippen LogP) is 2.86. The van der Waals surface area contributed by atoms with Gasteiger partial charge in [0.25, 0.3) is 0 Å². The Bertz CT molecular complexity index is 545. The van der Waals surface area contributed by atoms with E-state index in [0.29, 0.717) is 17.8 Å². The van der Waals surface area contributed by atoms with Gasteiger partial charge in [0.1, 0.15) is 6.29 Å². The lowest BCUT2D eigenvalue weighted by Crippen LogP contribution is -2.39. The molecule has 0 saturated heterocycles. The van der Waals surface area contributed by atoms with Gasteiger partial charge in [0.15, 0.2) is 5.76 Å². The molecule has 20 heavy (non-hydrogen) atoms. The number of methoxy groups -OCH3 is 1. The summed E-state index contributed by atoms with van der Waals surface area (Å²) in [6.07, 6.45) is 2.52. The lowest BCUT2D eigenvalue weighted by molar-refractivity contribution is -0.210. The van der Waals surface area contributed by atoms with Crippen molar-refractivity contribution in [3.8, 4) is 0 Å². The molecule has 0 heterocycles. The van der Waals surface area contributed by atoms with Crippen LogP contribution in [0.3, 0.4) is 0 Å². The summed E-state index contributed by atoms with van der Waals surface area (Å²) in [5, 5.41) is 10.3. The van der Waals surface area contributed by atoms with Gasteiger partial charge >= 0.3 is 0 Å². The number of allylic oxidation sites excluding steroid dienone is 2. The van der Waals surface area contributed by atoms with Gasteiger partial charge in [-0.15, -0.1) is 0 Å².